The predicted octanol–water partition coefficient (Wildman–Crippen LogP) is -0.153. The van der Waals surface area contributed by atoms with Crippen LogP contribution in [0.5, 0.6) is 0 Å². The van der Waals surface area contributed by atoms with E-state index in [0.29, 0.717) is 5.92 Å². The van der Waals surface area contributed by atoms with Crippen molar-refractivity contribution in [1.29, 1.82) is 0 Å². The summed E-state index contributed by atoms with van der Waals surface area (Å²) in [5, 5.41) is 9.68. The zero-order chi connectivity index (χ0) is 8.39. The van der Waals surface area contributed by atoms with E-state index in [1.54, 1.807) is 6.07 Å². The van der Waals surface area contributed by atoms with Crippen LogP contribution < -0.4 is 10.9 Å². The molecule has 0 aliphatic carbocycles. The molecule has 12 heavy (non-hydrogen) atoms. The quantitative estimate of drug-likeness (QED) is 0.608. The maximum atomic E-state index is 10.7. The Morgan fingerprint density at radius 3 is 3.00 bits per heavy atom. The summed E-state index contributed by atoms with van der Waals surface area (Å²) >= 11 is 0. The molecule has 0 saturated carbocycles. The van der Waals surface area contributed by atoms with Gasteiger partial charge < -0.3 is 5.32 Å². The predicted molar refractivity (Wildman–Crippen MR) is 45.1 cm³/mol. The summed E-state index contributed by atoms with van der Waals surface area (Å²) in [7, 11) is 0. The summed E-state index contributed by atoms with van der Waals surface area (Å²) in [4.78, 5) is 10.7. The van der Waals surface area contributed by atoms with Gasteiger partial charge in [-0.3, -0.25) is 4.79 Å². The van der Waals surface area contributed by atoms with E-state index in [1.807, 2.05) is 0 Å². The first-order valence-corrected chi connectivity index (χ1v) is 4.12. The Morgan fingerprint density at radius 1 is 1.50 bits per heavy atom. The van der Waals surface area contributed by atoms with Gasteiger partial charge in [0, 0.05) is 18.5 Å². The van der Waals surface area contributed by atoms with Crippen LogP contribution in [0.15, 0.2) is 16.9 Å². The highest BCUT2D eigenvalue weighted by molar-refractivity contribution is 5.08. The van der Waals surface area contributed by atoms with Crippen molar-refractivity contribution < 1.29 is 0 Å². The second kappa shape index (κ2) is 3.06. The Labute approximate surface area is 70.0 Å². The highest BCUT2D eigenvalue weighted by Gasteiger charge is 2.17. The van der Waals surface area contributed by atoms with E-state index in [4.69, 9.17) is 0 Å². The van der Waals surface area contributed by atoms with Crippen LogP contribution in [-0.2, 0) is 0 Å². The number of aromatic amines is 1. The molecule has 1 fully saturated rings. The zero-order valence-corrected chi connectivity index (χ0v) is 6.71. The lowest BCUT2D eigenvalue weighted by Crippen LogP contribution is -2.12. The number of aromatic nitrogens is 2. The minimum Gasteiger partial charge on any atom is -0.316 e. The monoisotopic (exact) mass is 165 g/mol. The third-order valence-electron chi connectivity index (χ3n) is 2.18. The van der Waals surface area contributed by atoms with Gasteiger partial charge >= 0.3 is 0 Å². The van der Waals surface area contributed by atoms with Crippen LogP contribution in [-0.4, -0.2) is 23.3 Å². The molecule has 0 amide bonds. The normalized spacial score (nSPS) is 22.8. The van der Waals surface area contributed by atoms with Crippen molar-refractivity contribution in [2.75, 3.05) is 13.1 Å². The lowest BCUT2D eigenvalue weighted by molar-refractivity contribution is 0.710. The van der Waals surface area contributed by atoms with E-state index in [9.17, 15) is 4.79 Å². The van der Waals surface area contributed by atoms with Crippen molar-refractivity contribution in [2.24, 2.45) is 0 Å². The van der Waals surface area contributed by atoms with Gasteiger partial charge in [0.1, 0.15) is 0 Å². The second-order valence-electron chi connectivity index (χ2n) is 3.04. The minimum atomic E-state index is -0.135. The van der Waals surface area contributed by atoms with Crippen molar-refractivity contribution in [1.82, 2.24) is 15.5 Å². The number of rotatable bonds is 1. The third-order valence-corrected chi connectivity index (χ3v) is 2.18. The van der Waals surface area contributed by atoms with Gasteiger partial charge in [0.05, 0.1) is 5.69 Å². The van der Waals surface area contributed by atoms with Crippen molar-refractivity contribution in [2.45, 2.75) is 12.3 Å². The molecule has 2 heterocycles. The number of H-pyrrole nitrogens is 1. The van der Waals surface area contributed by atoms with E-state index in [-0.39, 0.29) is 5.56 Å². The fourth-order valence-electron chi connectivity index (χ4n) is 1.49. The Balaban J connectivity index is 2.22. The van der Waals surface area contributed by atoms with Crippen molar-refractivity contribution in [3.8, 4) is 0 Å². The van der Waals surface area contributed by atoms with E-state index >= 15 is 0 Å². The van der Waals surface area contributed by atoms with E-state index in [0.717, 1.165) is 25.2 Å². The molecular weight excluding hydrogens is 154 g/mol. The molecule has 0 radical (unpaired) electrons. The Hall–Kier alpha value is -1.16. The summed E-state index contributed by atoms with van der Waals surface area (Å²) in [5.41, 5.74) is 0.851. The van der Waals surface area contributed by atoms with Crippen molar-refractivity contribution in [3.63, 3.8) is 0 Å². The molecule has 0 aromatic carbocycles. The molecule has 2 N–H and O–H groups in total. The SMILES string of the molecule is O=c1ccc([C@@H]2CCNC2)n[nH]1. The van der Waals surface area contributed by atoms with Crippen LogP contribution in [0.25, 0.3) is 0 Å². The standard InChI is InChI=1S/C8H11N3O/c12-8-2-1-7(10-11-8)6-3-4-9-5-6/h1-2,6,9H,3-5H2,(H,11,12)/t6-/m1/s1. The highest BCUT2D eigenvalue weighted by Crippen LogP contribution is 2.18. The second-order valence-corrected chi connectivity index (χ2v) is 3.04. The Bertz CT molecular complexity index is 294. The largest absolute Gasteiger partial charge is 0.316 e. The van der Waals surface area contributed by atoms with Crippen LogP contribution in [0.2, 0.25) is 0 Å². The summed E-state index contributed by atoms with van der Waals surface area (Å²) in [6.07, 6.45) is 1.11. The topological polar surface area (TPSA) is 57.8 Å². The van der Waals surface area contributed by atoms with Gasteiger partial charge in [-0.15, -0.1) is 0 Å². The van der Waals surface area contributed by atoms with Crippen LogP contribution in [0.1, 0.15) is 18.0 Å². The minimum absolute atomic E-state index is 0.135. The van der Waals surface area contributed by atoms with E-state index < -0.39 is 0 Å². The lowest BCUT2D eigenvalue weighted by atomic mass is 10.1. The van der Waals surface area contributed by atoms with Crippen molar-refractivity contribution in [3.05, 3.63) is 28.2 Å². The van der Waals surface area contributed by atoms with Crippen LogP contribution >= 0.6 is 0 Å². The average Bonchev–Trinajstić information content (AvgIpc) is 2.58. The van der Waals surface area contributed by atoms with Gasteiger partial charge in [-0.2, -0.15) is 5.10 Å². The molecule has 1 atom stereocenters. The summed E-state index contributed by atoms with van der Waals surface area (Å²) < 4.78 is 0. The molecule has 0 spiro atoms. The van der Waals surface area contributed by atoms with Gasteiger partial charge in [0.15, 0.2) is 0 Å². The molecule has 1 aliphatic heterocycles. The average molecular weight is 165 g/mol. The number of nitrogens with one attached hydrogen (secondary N) is 2. The fourth-order valence-corrected chi connectivity index (χ4v) is 1.49. The maximum Gasteiger partial charge on any atom is 0.264 e. The first-order chi connectivity index (χ1) is 5.86. The number of hydrogen-bond acceptors (Lipinski definition) is 3. The molecule has 1 aromatic heterocycles. The number of nitrogens with zero attached hydrogens (tertiary/aromatic N) is 1. The Kier molecular flexibility index (Phi) is 1.91. The molecule has 1 aromatic rings. The molecule has 4 heteroatoms. The summed E-state index contributed by atoms with van der Waals surface area (Å²) in [5.74, 6) is 0.474. The first-order valence-electron chi connectivity index (χ1n) is 4.12. The molecule has 2 rings (SSSR count). The molecule has 1 saturated heterocycles. The highest BCUT2D eigenvalue weighted by atomic mass is 16.1. The van der Waals surface area contributed by atoms with Crippen molar-refractivity contribution >= 4 is 0 Å². The molecule has 4 nitrogen and oxygen atoms in total. The summed E-state index contributed by atoms with van der Waals surface area (Å²) in [6.45, 7) is 2.02. The number of hydrogen-bond donors (Lipinski definition) is 2. The van der Waals surface area contributed by atoms with Gasteiger partial charge in [-0.25, -0.2) is 5.10 Å². The van der Waals surface area contributed by atoms with Gasteiger partial charge in [-0.1, -0.05) is 0 Å². The molecule has 1 aliphatic rings. The summed E-state index contributed by atoms with van der Waals surface area (Å²) in [6, 6.07) is 3.33. The molecule has 64 valence electrons. The molecule has 0 unspecified atom stereocenters. The van der Waals surface area contributed by atoms with Gasteiger partial charge in [0.25, 0.3) is 5.56 Å². The molecule has 0 bridgehead atoms. The van der Waals surface area contributed by atoms with Crippen LogP contribution in [0, 0.1) is 0 Å². The maximum absolute atomic E-state index is 10.7. The van der Waals surface area contributed by atoms with Crippen LogP contribution in [0.3, 0.4) is 0 Å². The smallest absolute Gasteiger partial charge is 0.264 e. The van der Waals surface area contributed by atoms with Crippen LogP contribution in [0.4, 0.5) is 0 Å². The van der Waals surface area contributed by atoms with E-state index in [2.05, 4.69) is 15.5 Å². The third kappa shape index (κ3) is 1.38. The fraction of sp³-hybridized carbons (Fsp3) is 0.500. The lowest BCUT2D eigenvalue weighted by Gasteiger charge is -2.04. The van der Waals surface area contributed by atoms with Gasteiger partial charge in [-0.05, 0) is 19.0 Å². The molecular formula is C8H11N3O. The van der Waals surface area contributed by atoms with E-state index in [1.165, 1.54) is 6.07 Å². The first kappa shape index (κ1) is 7.49. The zero-order valence-electron chi connectivity index (χ0n) is 6.71. The van der Waals surface area contributed by atoms with Gasteiger partial charge in [0.2, 0.25) is 0 Å². The Morgan fingerprint density at radius 2 is 2.42 bits per heavy atom.